The van der Waals surface area contributed by atoms with Gasteiger partial charge in [-0.3, -0.25) is 0 Å². The predicted molar refractivity (Wildman–Crippen MR) is 88.8 cm³/mol. The van der Waals surface area contributed by atoms with Gasteiger partial charge in [-0.25, -0.2) is 26.9 Å². The van der Waals surface area contributed by atoms with Crippen LogP contribution in [0.15, 0.2) is 30.3 Å². The third-order valence-corrected chi connectivity index (χ3v) is 4.04. The molecule has 0 radical (unpaired) electrons. The SMILES string of the molecule is Cc1nc(N)c(C#N)c(-c2c(F)c(F)c(F)c(F)c2F)c1-c1ccccc1. The second kappa shape index (κ2) is 6.68. The molecule has 8 heteroatoms. The van der Waals surface area contributed by atoms with Crippen LogP contribution in [0.1, 0.15) is 11.3 Å². The van der Waals surface area contributed by atoms with Gasteiger partial charge in [0.1, 0.15) is 17.5 Å². The van der Waals surface area contributed by atoms with Crippen molar-refractivity contribution in [2.24, 2.45) is 0 Å². The van der Waals surface area contributed by atoms with Crippen LogP contribution in [0.4, 0.5) is 27.8 Å². The quantitative estimate of drug-likeness (QED) is 0.395. The van der Waals surface area contributed by atoms with Crippen molar-refractivity contribution in [3.63, 3.8) is 0 Å². The fraction of sp³-hybridized carbons (Fsp3) is 0.0526. The lowest BCUT2D eigenvalue weighted by molar-refractivity contribution is 0.381. The van der Waals surface area contributed by atoms with Crippen molar-refractivity contribution in [2.45, 2.75) is 6.92 Å². The van der Waals surface area contributed by atoms with Crippen molar-refractivity contribution in [3.8, 4) is 28.3 Å². The van der Waals surface area contributed by atoms with Crippen molar-refractivity contribution in [1.82, 2.24) is 4.98 Å². The van der Waals surface area contributed by atoms with Crippen LogP contribution in [0.2, 0.25) is 0 Å². The Kier molecular flexibility index (Phi) is 4.54. The highest BCUT2D eigenvalue weighted by atomic mass is 19.2. The van der Waals surface area contributed by atoms with E-state index in [0.29, 0.717) is 5.56 Å². The maximum atomic E-state index is 14.5. The Bertz CT molecular complexity index is 1080. The van der Waals surface area contributed by atoms with E-state index >= 15 is 0 Å². The minimum Gasteiger partial charge on any atom is -0.383 e. The van der Waals surface area contributed by atoms with E-state index in [2.05, 4.69) is 4.98 Å². The Morgan fingerprint density at radius 2 is 1.33 bits per heavy atom. The van der Waals surface area contributed by atoms with Gasteiger partial charge in [-0.2, -0.15) is 5.26 Å². The highest BCUT2D eigenvalue weighted by Crippen LogP contribution is 2.42. The third-order valence-electron chi connectivity index (χ3n) is 4.04. The smallest absolute Gasteiger partial charge is 0.200 e. The van der Waals surface area contributed by atoms with Crippen LogP contribution in [0.5, 0.6) is 0 Å². The number of rotatable bonds is 2. The minimum atomic E-state index is -2.28. The number of anilines is 1. The number of benzene rings is 2. The Labute approximate surface area is 150 Å². The van der Waals surface area contributed by atoms with E-state index in [1.54, 1.807) is 36.4 Å². The standard InChI is InChI=1S/C19H10F5N3/c1-8-11(9-5-3-2-4-6-9)12(10(7-25)19(26)27-8)13-14(20)16(22)18(24)17(23)15(13)21/h2-6H,1H3,(H2,26,27). The summed E-state index contributed by atoms with van der Waals surface area (Å²) in [6.45, 7) is 1.45. The highest BCUT2D eigenvalue weighted by Gasteiger charge is 2.31. The highest BCUT2D eigenvalue weighted by molar-refractivity contribution is 5.91. The molecule has 0 aliphatic rings. The first kappa shape index (κ1) is 18.3. The molecule has 0 spiro atoms. The summed E-state index contributed by atoms with van der Waals surface area (Å²) in [4.78, 5) is 3.98. The molecule has 3 rings (SSSR count). The molecular weight excluding hydrogens is 365 g/mol. The molecule has 136 valence electrons. The predicted octanol–water partition coefficient (Wildman–Crippen LogP) is 4.87. The van der Waals surface area contributed by atoms with Gasteiger partial charge in [-0.05, 0) is 12.5 Å². The van der Waals surface area contributed by atoms with E-state index < -0.39 is 45.8 Å². The second-order valence-corrected chi connectivity index (χ2v) is 5.63. The van der Waals surface area contributed by atoms with E-state index in [1.165, 1.54) is 6.92 Å². The second-order valence-electron chi connectivity index (χ2n) is 5.63. The summed E-state index contributed by atoms with van der Waals surface area (Å²) < 4.78 is 69.9. The number of nitrogen functional groups attached to an aromatic ring is 1. The first-order chi connectivity index (χ1) is 12.8. The molecule has 0 saturated heterocycles. The lowest BCUT2D eigenvalue weighted by atomic mass is 9.89. The lowest BCUT2D eigenvalue weighted by Crippen LogP contribution is -2.09. The third kappa shape index (κ3) is 2.77. The number of hydrogen-bond donors (Lipinski definition) is 1. The first-order valence-corrected chi connectivity index (χ1v) is 7.57. The van der Waals surface area contributed by atoms with Crippen molar-refractivity contribution in [3.05, 3.63) is 70.7 Å². The zero-order chi connectivity index (χ0) is 19.9. The molecule has 3 aromatic rings. The van der Waals surface area contributed by atoms with Gasteiger partial charge in [0.05, 0.1) is 5.56 Å². The van der Waals surface area contributed by atoms with Gasteiger partial charge >= 0.3 is 0 Å². The molecule has 0 amide bonds. The van der Waals surface area contributed by atoms with Crippen molar-refractivity contribution in [2.75, 3.05) is 5.73 Å². The van der Waals surface area contributed by atoms with E-state index in [-0.39, 0.29) is 17.1 Å². The van der Waals surface area contributed by atoms with Crippen LogP contribution in [0.3, 0.4) is 0 Å². The zero-order valence-corrected chi connectivity index (χ0v) is 13.7. The molecule has 0 unspecified atom stereocenters. The molecule has 1 aromatic heterocycles. The number of nitrogens with zero attached hydrogens (tertiary/aromatic N) is 2. The van der Waals surface area contributed by atoms with Crippen molar-refractivity contribution in [1.29, 1.82) is 5.26 Å². The molecule has 27 heavy (non-hydrogen) atoms. The molecule has 0 aliphatic heterocycles. The summed E-state index contributed by atoms with van der Waals surface area (Å²) >= 11 is 0. The van der Waals surface area contributed by atoms with Crippen molar-refractivity contribution >= 4 is 5.82 Å². The van der Waals surface area contributed by atoms with Gasteiger partial charge in [0.25, 0.3) is 0 Å². The monoisotopic (exact) mass is 375 g/mol. The van der Waals surface area contributed by atoms with Crippen LogP contribution in [0.25, 0.3) is 22.3 Å². The summed E-state index contributed by atoms with van der Waals surface area (Å²) in [5.74, 6) is -11.0. The number of hydrogen-bond acceptors (Lipinski definition) is 3. The average molecular weight is 375 g/mol. The van der Waals surface area contributed by atoms with Crippen LogP contribution in [0, 0.1) is 47.3 Å². The number of halogens is 5. The molecule has 2 N–H and O–H groups in total. The average Bonchev–Trinajstić information content (AvgIpc) is 2.65. The molecule has 3 nitrogen and oxygen atoms in total. The molecule has 1 heterocycles. The number of aryl methyl sites for hydroxylation is 1. The fourth-order valence-electron chi connectivity index (χ4n) is 2.87. The maximum Gasteiger partial charge on any atom is 0.200 e. The topological polar surface area (TPSA) is 62.7 Å². The molecule has 0 bridgehead atoms. The van der Waals surface area contributed by atoms with E-state index in [1.807, 2.05) is 0 Å². The van der Waals surface area contributed by atoms with Crippen LogP contribution in [-0.2, 0) is 0 Å². The van der Waals surface area contributed by atoms with Crippen molar-refractivity contribution < 1.29 is 22.0 Å². The van der Waals surface area contributed by atoms with Crippen LogP contribution in [-0.4, -0.2) is 4.98 Å². The lowest BCUT2D eigenvalue weighted by Gasteiger charge is -2.18. The first-order valence-electron chi connectivity index (χ1n) is 7.57. The van der Waals surface area contributed by atoms with Gasteiger partial charge in [0.2, 0.25) is 5.82 Å². The Morgan fingerprint density at radius 3 is 1.85 bits per heavy atom. The molecule has 0 atom stereocenters. The Hall–Kier alpha value is -3.47. The summed E-state index contributed by atoms with van der Waals surface area (Å²) in [6.07, 6.45) is 0. The van der Waals surface area contributed by atoms with Gasteiger partial charge in [-0.1, -0.05) is 30.3 Å². The maximum absolute atomic E-state index is 14.5. The summed E-state index contributed by atoms with van der Waals surface area (Å²) in [7, 11) is 0. The van der Waals surface area contributed by atoms with Gasteiger partial charge in [-0.15, -0.1) is 0 Å². The zero-order valence-electron chi connectivity index (χ0n) is 13.7. The minimum absolute atomic E-state index is 0.0459. The van der Waals surface area contributed by atoms with Gasteiger partial charge in [0.15, 0.2) is 23.3 Å². The molecule has 0 saturated carbocycles. The van der Waals surface area contributed by atoms with E-state index in [9.17, 15) is 27.2 Å². The normalized spacial score (nSPS) is 10.7. The molecule has 0 fully saturated rings. The number of aromatic nitrogens is 1. The number of nitriles is 1. The molecular formula is C19H10F5N3. The van der Waals surface area contributed by atoms with E-state index in [4.69, 9.17) is 5.73 Å². The Balaban J connectivity index is 2.57. The fourth-order valence-corrected chi connectivity index (χ4v) is 2.87. The van der Waals surface area contributed by atoms with E-state index in [0.717, 1.165) is 0 Å². The summed E-state index contributed by atoms with van der Waals surface area (Å²) in [6, 6.07) is 9.65. The van der Waals surface area contributed by atoms with Crippen LogP contribution < -0.4 is 5.73 Å². The van der Waals surface area contributed by atoms with Gasteiger partial charge in [0, 0.05) is 16.8 Å². The largest absolute Gasteiger partial charge is 0.383 e. The van der Waals surface area contributed by atoms with Gasteiger partial charge < -0.3 is 5.73 Å². The number of pyridine rings is 1. The number of nitrogens with two attached hydrogens (primary N) is 1. The molecule has 0 aliphatic carbocycles. The Morgan fingerprint density at radius 1 is 0.815 bits per heavy atom. The summed E-state index contributed by atoms with van der Waals surface area (Å²) in [5, 5.41) is 9.42. The van der Waals surface area contributed by atoms with Crippen LogP contribution >= 0.6 is 0 Å². The summed E-state index contributed by atoms with van der Waals surface area (Å²) in [5.41, 5.74) is 4.06. The molecule has 2 aromatic carbocycles.